The predicted octanol–water partition coefficient (Wildman–Crippen LogP) is 3.65. The van der Waals surface area contributed by atoms with Crippen molar-refractivity contribution in [2.45, 2.75) is 26.3 Å². The minimum Gasteiger partial charge on any atom is -0.356 e. The molecule has 0 saturated heterocycles. The second kappa shape index (κ2) is 9.03. The minimum atomic E-state index is 0.404. The van der Waals surface area contributed by atoms with Crippen LogP contribution in [-0.4, -0.2) is 29.1 Å². The van der Waals surface area contributed by atoms with Crippen LogP contribution in [0.15, 0.2) is 72.2 Å². The number of nitrogens with zero attached hydrogens (tertiary/aromatic N) is 3. The van der Waals surface area contributed by atoms with Gasteiger partial charge in [-0.2, -0.15) is 0 Å². The summed E-state index contributed by atoms with van der Waals surface area (Å²) in [6, 6.07) is 17.0. The Kier molecular flexibility index (Phi) is 6.26. The molecule has 1 heterocycles. The molecule has 1 unspecified atom stereocenters. The lowest BCUT2D eigenvalue weighted by atomic mass is 9.99. The quantitative estimate of drug-likeness (QED) is 0.520. The van der Waals surface area contributed by atoms with Gasteiger partial charge in [-0.3, -0.25) is 4.99 Å². The highest BCUT2D eigenvalue weighted by molar-refractivity contribution is 5.79. The fraction of sp³-hybridized carbons (Fsp3) is 0.273. The molecule has 1 aromatic heterocycles. The van der Waals surface area contributed by atoms with Crippen LogP contribution in [0.3, 0.4) is 0 Å². The van der Waals surface area contributed by atoms with Crippen LogP contribution in [-0.2, 0) is 6.54 Å². The minimum absolute atomic E-state index is 0.404. The van der Waals surface area contributed by atoms with E-state index < -0.39 is 0 Å². The molecule has 5 nitrogen and oxygen atoms in total. The number of hydrogen-bond acceptors (Lipinski definition) is 2. The number of hydrogen-bond donors (Lipinski definition) is 2. The molecule has 3 rings (SSSR count). The van der Waals surface area contributed by atoms with Crippen LogP contribution in [0.1, 0.15) is 29.5 Å². The predicted molar refractivity (Wildman–Crippen MR) is 111 cm³/mol. The molecule has 2 N–H and O–H groups in total. The second-order valence-electron chi connectivity index (χ2n) is 6.72. The SMILES string of the molecule is CN=C(NCc1ccccc1-n1ccnc1)NCC(C)c1cccc(C)c1. The van der Waals surface area contributed by atoms with E-state index in [1.165, 1.54) is 16.7 Å². The number of guanidine groups is 1. The van der Waals surface area contributed by atoms with E-state index in [2.05, 4.69) is 70.9 Å². The van der Waals surface area contributed by atoms with Crippen LogP contribution in [0.25, 0.3) is 5.69 Å². The maximum atomic E-state index is 4.35. The Balaban J connectivity index is 1.59. The third kappa shape index (κ3) is 4.97. The van der Waals surface area contributed by atoms with Crippen LogP contribution in [0.2, 0.25) is 0 Å². The molecule has 2 aromatic carbocycles. The smallest absolute Gasteiger partial charge is 0.191 e. The van der Waals surface area contributed by atoms with Crippen molar-refractivity contribution < 1.29 is 0 Å². The zero-order valence-corrected chi connectivity index (χ0v) is 16.2. The summed E-state index contributed by atoms with van der Waals surface area (Å²) < 4.78 is 2.02. The number of aliphatic imine (C=N–C) groups is 1. The van der Waals surface area contributed by atoms with E-state index in [-0.39, 0.29) is 0 Å². The Labute approximate surface area is 161 Å². The molecular formula is C22H27N5. The first-order valence-electron chi connectivity index (χ1n) is 9.24. The first-order valence-corrected chi connectivity index (χ1v) is 9.24. The lowest BCUT2D eigenvalue weighted by Crippen LogP contribution is -2.38. The molecule has 0 amide bonds. The maximum Gasteiger partial charge on any atom is 0.191 e. The third-order valence-electron chi connectivity index (χ3n) is 4.63. The van der Waals surface area contributed by atoms with E-state index in [0.29, 0.717) is 12.5 Å². The van der Waals surface area contributed by atoms with Crippen molar-refractivity contribution in [3.05, 3.63) is 83.9 Å². The van der Waals surface area contributed by atoms with Gasteiger partial charge in [0.25, 0.3) is 0 Å². The third-order valence-corrected chi connectivity index (χ3v) is 4.63. The Bertz CT molecular complexity index is 883. The number of benzene rings is 2. The summed E-state index contributed by atoms with van der Waals surface area (Å²) >= 11 is 0. The second-order valence-corrected chi connectivity index (χ2v) is 6.72. The summed E-state index contributed by atoms with van der Waals surface area (Å²) in [5.74, 6) is 1.21. The molecular weight excluding hydrogens is 334 g/mol. The van der Waals surface area contributed by atoms with E-state index in [1.54, 1.807) is 13.2 Å². The lowest BCUT2D eigenvalue weighted by Gasteiger charge is -2.18. The highest BCUT2D eigenvalue weighted by Crippen LogP contribution is 2.16. The number of rotatable bonds is 6. The first kappa shape index (κ1) is 18.7. The number of imidazole rings is 1. The van der Waals surface area contributed by atoms with E-state index in [0.717, 1.165) is 18.2 Å². The molecule has 5 heteroatoms. The normalized spacial score (nSPS) is 12.6. The molecule has 140 valence electrons. The van der Waals surface area contributed by atoms with Gasteiger partial charge in [0, 0.05) is 32.5 Å². The molecule has 0 bridgehead atoms. The summed E-state index contributed by atoms with van der Waals surface area (Å²) in [6.07, 6.45) is 5.56. The Morgan fingerprint density at radius 2 is 2.00 bits per heavy atom. The molecule has 0 aliphatic carbocycles. The van der Waals surface area contributed by atoms with Crippen LogP contribution in [0.5, 0.6) is 0 Å². The van der Waals surface area contributed by atoms with Crippen LogP contribution in [0, 0.1) is 6.92 Å². The highest BCUT2D eigenvalue weighted by atomic mass is 15.2. The Hall–Kier alpha value is -3.08. The summed E-state index contributed by atoms with van der Waals surface area (Å²) in [4.78, 5) is 8.50. The molecule has 0 radical (unpaired) electrons. The van der Waals surface area contributed by atoms with Crippen molar-refractivity contribution in [3.8, 4) is 5.69 Å². The van der Waals surface area contributed by atoms with Gasteiger partial charge < -0.3 is 15.2 Å². The molecule has 0 fully saturated rings. The summed E-state index contributed by atoms with van der Waals surface area (Å²) in [5, 5.41) is 6.84. The van der Waals surface area contributed by atoms with E-state index >= 15 is 0 Å². The van der Waals surface area contributed by atoms with Gasteiger partial charge in [0.1, 0.15) is 0 Å². The van der Waals surface area contributed by atoms with Gasteiger partial charge in [0.15, 0.2) is 5.96 Å². The molecule has 3 aromatic rings. The van der Waals surface area contributed by atoms with Gasteiger partial charge in [-0.1, -0.05) is 55.0 Å². The summed E-state index contributed by atoms with van der Waals surface area (Å²) in [6.45, 7) is 5.87. The number of aryl methyl sites for hydroxylation is 1. The zero-order valence-electron chi connectivity index (χ0n) is 16.2. The zero-order chi connectivity index (χ0) is 19.1. The van der Waals surface area contributed by atoms with Crippen LogP contribution >= 0.6 is 0 Å². The van der Waals surface area contributed by atoms with Gasteiger partial charge in [-0.25, -0.2) is 4.98 Å². The number of para-hydroxylation sites is 1. The maximum absolute atomic E-state index is 4.35. The topological polar surface area (TPSA) is 54.2 Å². The number of aromatic nitrogens is 2. The standard InChI is InChI=1S/C22H27N5/c1-17-7-6-9-19(13-17)18(2)14-25-22(23-3)26-15-20-8-4-5-10-21(20)27-12-11-24-16-27/h4-13,16,18H,14-15H2,1-3H3,(H2,23,25,26). The van der Waals surface area contributed by atoms with E-state index in [1.807, 2.05) is 29.2 Å². The largest absolute Gasteiger partial charge is 0.356 e. The van der Waals surface area contributed by atoms with Crippen molar-refractivity contribution in [2.75, 3.05) is 13.6 Å². The van der Waals surface area contributed by atoms with Gasteiger partial charge in [-0.15, -0.1) is 0 Å². The lowest BCUT2D eigenvalue weighted by molar-refractivity contribution is 0.698. The van der Waals surface area contributed by atoms with Crippen molar-refractivity contribution in [1.29, 1.82) is 0 Å². The highest BCUT2D eigenvalue weighted by Gasteiger charge is 2.08. The van der Waals surface area contributed by atoms with Crippen LogP contribution in [0.4, 0.5) is 0 Å². The number of nitrogens with one attached hydrogen (secondary N) is 2. The summed E-state index contributed by atoms with van der Waals surface area (Å²) in [7, 11) is 1.80. The molecule has 0 aliphatic rings. The molecule has 0 aliphatic heterocycles. The first-order chi connectivity index (χ1) is 13.2. The van der Waals surface area contributed by atoms with Gasteiger partial charge in [0.05, 0.1) is 12.0 Å². The van der Waals surface area contributed by atoms with Crippen LogP contribution < -0.4 is 10.6 Å². The monoisotopic (exact) mass is 361 g/mol. The van der Waals surface area contributed by atoms with Crippen molar-refractivity contribution in [3.63, 3.8) is 0 Å². The molecule has 1 atom stereocenters. The van der Waals surface area contributed by atoms with E-state index in [9.17, 15) is 0 Å². The van der Waals surface area contributed by atoms with Crippen molar-refractivity contribution >= 4 is 5.96 Å². The van der Waals surface area contributed by atoms with Crippen molar-refractivity contribution in [1.82, 2.24) is 20.2 Å². The molecule has 0 saturated carbocycles. The Morgan fingerprint density at radius 1 is 1.15 bits per heavy atom. The van der Waals surface area contributed by atoms with Crippen molar-refractivity contribution in [2.24, 2.45) is 4.99 Å². The van der Waals surface area contributed by atoms with Gasteiger partial charge in [-0.05, 0) is 30.0 Å². The summed E-state index contributed by atoms with van der Waals surface area (Å²) in [5.41, 5.74) is 4.93. The van der Waals surface area contributed by atoms with Gasteiger partial charge >= 0.3 is 0 Å². The Morgan fingerprint density at radius 3 is 2.74 bits per heavy atom. The average Bonchev–Trinajstić information content (AvgIpc) is 3.23. The van der Waals surface area contributed by atoms with Gasteiger partial charge in [0.2, 0.25) is 0 Å². The average molecular weight is 361 g/mol. The molecule has 27 heavy (non-hydrogen) atoms. The van der Waals surface area contributed by atoms with E-state index in [4.69, 9.17) is 0 Å². The molecule has 0 spiro atoms. The fourth-order valence-electron chi connectivity index (χ4n) is 3.06. The fourth-order valence-corrected chi connectivity index (χ4v) is 3.06.